The van der Waals surface area contributed by atoms with Gasteiger partial charge in [-0.15, -0.1) is 0 Å². The van der Waals surface area contributed by atoms with Gasteiger partial charge in [0.15, 0.2) is 0 Å². The van der Waals surface area contributed by atoms with Gasteiger partial charge in [-0.3, -0.25) is 4.90 Å². The van der Waals surface area contributed by atoms with Crippen molar-refractivity contribution >= 4 is 0 Å². The second-order valence-corrected chi connectivity index (χ2v) is 9.91. The van der Waals surface area contributed by atoms with Crippen LogP contribution in [-0.4, -0.2) is 97.6 Å². The number of piperazine rings is 1. The van der Waals surface area contributed by atoms with E-state index in [0.717, 1.165) is 18.0 Å². The van der Waals surface area contributed by atoms with Gasteiger partial charge in [-0.25, -0.2) is 0 Å². The topological polar surface area (TPSA) is 13.0 Å². The smallest absolute Gasteiger partial charge is 0.0121 e. The fraction of sp³-hybridized carbons (Fsp3) is 1.00. The van der Waals surface area contributed by atoms with Crippen LogP contribution in [0, 0.1) is 11.3 Å². The van der Waals surface area contributed by atoms with E-state index < -0.39 is 0 Å². The SMILES string of the molecule is CC(C)N1CCC(N2CCN(CC(C)(C)C3CCN(C)C3)CC2)CC1. The maximum Gasteiger partial charge on any atom is 0.0121 e. The molecule has 1 atom stereocenters. The molecule has 0 saturated carbocycles. The molecular weight excluding hydrogens is 308 g/mol. The second kappa shape index (κ2) is 8.24. The molecule has 1 unspecified atom stereocenters. The number of piperidine rings is 1. The summed E-state index contributed by atoms with van der Waals surface area (Å²) in [5, 5.41) is 0. The minimum absolute atomic E-state index is 0.454. The molecule has 3 fully saturated rings. The lowest BCUT2D eigenvalue weighted by Crippen LogP contribution is -2.55. The van der Waals surface area contributed by atoms with Crippen LogP contribution in [0.2, 0.25) is 0 Å². The fourth-order valence-electron chi connectivity index (χ4n) is 5.33. The van der Waals surface area contributed by atoms with Gasteiger partial charge < -0.3 is 14.7 Å². The van der Waals surface area contributed by atoms with E-state index in [0.29, 0.717) is 5.41 Å². The molecule has 3 saturated heterocycles. The summed E-state index contributed by atoms with van der Waals surface area (Å²) in [7, 11) is 2.28. The third kappa shape index (κ3) is 4.97. The van der Waals surface area contributed by atoms with Gasteiger partial charge in [0.05, 0.1) is 0 Å². The molecule has 0 spiro atoms. The van der Waals surface area contributed by atoms with Gasteiger partial charge in [-0.1, -0.05) is 13.8 Å². The van der Waals surface area contributed by atoms with Crippen molar-refractivity contribution in [2.45, 2.75) is 59.0 Å². The van der Waals surface area contributed by atoms with Crippen LogP contribution in [0.1, 0.15) is 47.0 Å². The van der Waals surface area contributed by atoms with Crippen LogP contribution in [0.15, 0.2) is 0 Å². The van der Waals surface area contributed by atoms with Crippen molar-refractivity contribution in [3.05, 3.63) is 0 Å². The number of hydrogen-bond donors (Lipinski definition) is 0. The van der Waals surface area contributed by atoms with E-state index in [2.05, 4.69) is 54.3 Å². The average Bonchev–Trinajstić information content (AvgIpc) is 3.03. The Balaban J connectivity index is 1.41. The third-order valence-electron chi connectivity index (χ3n) is 7.28. The lowest BCUT2D eigenvalue weighted by Gasteiger charge is -2.45. The Labute approximate surface area is 156 Å². The Hall–Kier alpha value is -0.160. The van der Waals surface area contributed by atoms with Gasteiger partial charge in [0.2, 0.25) is 0 Å². The molecule has 3 rings (SSSR count). The molecule has 0 aromatic heterocycles. The van der Waals surface area contributed by atoms with Gasteiger partial charge in [-0.05, 0) is 71.1 Å². The monoisotopic (exact) mass is 350 g/mol. The molecule has 3 aliphatic heterocycles. The lowest BCUT2D eigenvalue weighted by atomic mass is 9.77. The number of likely N-dealkylation sites (tertiary alicyclic amines) is 2. The summed E-state index contributed by atoms with van der Waals surface area (Å²) in [6.45, 7) is 21.3. The highest BCUT2D eigenvalue weighted by Gasteiger charge is 2.36. The van der Waals surface area contributed by atoms with E-state index in [4.69, 9.17) is 0 Å². The van der Waals surface area contributed by atoms with Crippen molar-refractivity contribution in [3.63, 3.8) is 0 Å². The summed E-state index contributed by atoms with van der Waals surface area (Å²) < 4.78 is 0. The van der Waals surface area contributed by atoms with Crippen LogP contribution in [0.3, 0.4) is 0 Å². The van der Waals surface area contributed by atoms with Crippen molar-refractivity contribution in [2.75, 3.05) is 66.0 Å². The van der Waals surface area contributed by atoms with Crippen molar-refractivity contribution in [2.24, 2.45) is 11.3 Å². The second-order valence-electron chi connectivity index (χ2n) is 9.91. The van der Waals surface area contributed by atoms with E-state index in [-0.39, 0.29) is 0 Å². The first kappa shape index (κ1) is 19.6. The number of rotatable bonds is 5. The molecule has 0 aromatic carbocycles. The molecule has 4 heteroatoms. The summed E-state index contributed by atoms with van der Waals surface area (Å²) in [5.74, 6) is 0.871. The number of hydrogen-bond acceptors (Lipinski definition) is 4. The van der Waals surface area contributed by atoms with Crippen molar-refractivity contribution in [1.82, 2.24) is 19.6 Å². The third-order valence-corrected chi connectivity index (χ3v) is 7.28. The molecule has 0 N–H and O–H groups in total. The first-order valence-corrected chi connectivity index (χ1v) is 10.7. The van der Waals surface area contributed by atoms with Crippen molar-refractivity contribution < 1.29 is 0 Å². The van der Waals surface area contributed by atoms with Crippen molar-refractivity contribution in [1.29, 1.82) is 0 Å². The Kier molecular flexibility index (Phi) is 6.46. The molecule has 146 valence electrons. The summed E-state index contributed by atoms with van der Waals surface area (Å²) in [6, 6.07) is 1.56. The Morgan fingerprint density at radius 1 is 0.880 bits per heavy atom. The van der Waals surface area contributed by atoms with Gasteiger partial charge in [-0.2, -0.15) is 0 Å². The van der Waals surface area contributed by atoms with Crippen LogP contribution < -0.4 is 0 Å². The fourth-order valence-corrected chi connectivity index (χ4v) is 5.33. The molecule has 4 nitrogen and oxygen atoms in total. The van der Waals surface area contributed by atoms with Crippen LogP contribution in [-0.2, 0) is 0 Å². The van der Waals surface area contributed by atoms with Gasteiger partial charge in [0, 0.05) is 51.4 Å². The Morgan fingerprint density at radius 3 is 2.04 bits per heavy atom. The molecule has 0 aliphatic carbocycles. The minimum Gasteiger partial charge on any atom is -0.306 e. The van der Waals surface area contributed by atoms with E-state index >= 15 is 0 Å². The van der Waals surface area contributed by atoms with Gasteiger partial charge in [0.1, 0.15) is 0 Å². The van der Waals surface area contributed by atoms with Crippen molar-refractivity contribution in [3.8, 4) is 0 Å². The minimum atomic E-state index is 0.454. The Morgan fingerprint density at radius 2 is 1.52 bits per heavy atom. The maximum absolute atomic E-state index is 2.80. The zero-order valence-corrected chi connectivity index (χ0v) is 17.5. The Bertz CT molecular complexity index is 406. The molecule has 0 aromatic rings. The van der Waals surface area contributed by atoms with Crippen LogP contribution >= 0.6 is 0 Å². The zero-order valence-electron chi connectivity index (χ0n) is 17.5. The van der Waals surface area contributed by atoms with Gasteiger partial charge >= 0.3 is 0 Å². The summed E-state index contributed by atoms with van der Waals surface area (Å²) >= 11 is 0. The highest BCUT2D eigenvalue weighted by atomic mass is 15.3. The van der Waals surface area contributed by atoms with Gasteiger partial charge in [0.25, 0.3) is 0 Å². The molecule has 3 aliphatic rings. The summed E-state index contributed by atoms with van der Waals surface area (Å²) in [6.07, 6.45) is 4.13. The lowest BCUT2D eigenvalue weighted by molar-refractivity contribution is 0.0313. The van der Waals surface area contributed by atoms with Crippen LogP contribution in [0.25, 0.3) is 0 Å². The average molecular weight is 351 g/mol. The van der Waals surface area contributed by atoms with E-state index in [1.807, 2.05) is 0 Å². The van der Waals surface area contributed by atoms with E-state index in [1.165, 1.54) is 78.2 Å². The van der Waals surface area contributed by atoms with E-state index in [1.54, 1.807) is 0 Å². The standard InChI is InChI=1S/C21H42N4/c1-18(2)24-10-7-20(8-11-24)25-14-12-23(13-15-25)17-21(3,4)19-6-9-22(5)16-19/h18-20H,6-17H2,1-5H3. The quantitative estimate of drug-likeness (QED) is 0.755. The highest BCUT2D eigenvalue weighted by Crippen LogP contribution is 2.35. The molecular formula is C21H42N4. The predicted molar refractivity (Wildman–Crippen MR) is 107 cm³/mol. The molecule has 25 heavy (non-hydrogen) atoms. The predicted octanol–water partition coefficient (Wildman–Crippen LogP) is 2.45. The van der Waals surface area contributed by atoms with Crippen LogP contribution in [0.4, 0.5) is 0 Å². The number of nitrogens with zero attached hydrogens (tertiary/aromatic N) is 4. The summed E-state index contributed by atoms with van der Waals surface area (Å²) in [4.78, 5) is 10.7. The first-order chi connectivity index (χ1) is 11.8. The van der Waals surface area contributed by atoms with E-state index in [9.17, 15) is 0 Å². The molecule has 0 bridgehead atoms. The van der Waals surface area contributed by atoms with Crippen LogP contribution in [0.5, 0.6) is 0 Å². The normalized spacial score (nSPS) is 29.8. The first-order valence-electron chi connectivity index (χ1n) is 10.7. The molecule has 0 amide bonds. The highest BCUT2D eigenvalue weighted by molar-refractivity contribution is 4.90. The summed E-state index contributed by atoms with van der Waals surface area (Å²) in [5.41, 5.74) is 0.454. The molecule has 3 heterocycles. The maximum atomic E-state index is 2.80. The zero-order chi connectivity index (χ0) is 18.0. The molecule has 0 radical (unpaired) electrons. The largest absolute Gasteiger partial charge is 0.306 e.